The van der Waals surface area contributed by atoms with Crippen molar-refractivity contribution in [1.82, 2.24) is 24.5 Å². The van der Waals surface area contributed by atoms with Gasteiger partial charge in [-0.3, -0.25) is 18.6 Å². The van der Waals surface area contributed by atoms with Crippen LogP contribution in [0.15, 0.2) is 53.6 Å². The maximum Gasteiger partial charge on any atom is 0.300 e. The maximum atomic E-state index is 13.0. The normalized spacial score (nSPS) is 11.0. The van der Waals surface area contributed by atoms with E-state index in [-0.39, 0.29) is 17.1 Å². The van der Waals surface area contributed by atoms with Crippen LogP contribution in [0, 0.1) is 13.8 Å². The van der Waals surface area contributed by atoms with Crippen LogP contribution < -0.4 is 20.3 Å². The Morgan fingerprint density at radius 2 is 1.77 bits per heavy atom. The van der Waals surface area contributed by atoms with E-state index in [2.05, 4.69) is 15.5 Å². The summed E-state index contributed by atoms with van der Waals surface area (Å²) >= 11 is 0. The first-order valence-corrected chi connectivity index (χ1v) is 11.4. The zero-order valence-corrected chi connectivity index (χ0v) is 20.4. The van der Waals surface area contributed by atoms with Crippen molar-refractivity contribution in [2.45, 2.75) is 39.7 Å². The fourth-order valence-corrected chi connectivity index (χ4v) is 3.87. The summed E-state index contributed by atoms with van der Waals surface area (Å²) in [4.78, 5) is 25.3. The molecule has 1 amide bonds. The minimum absolute atomic E-state index is 0.0642. The molecule has 0 aliphatic heterocycles. The van der Waals surface area contributed by atoms with Gasteiger partial charge in [-0.05, 0) is 61.2 Å². The van der Waals surface area contributed by atoms with E-state index in [1.165, 1.54) is 5.56 Å². The predicted octanol–water partition coefficient (Wildman–Crippen LogP) is 3.15. The molecule has 0 atom stereocenters. The third-order valence-electron chi connectivity index (χ3n) is 6.05. The minimum atomic E-state index is -0.234. The Hall–Kier alpha value is -4.14. The number of hydrogen-bond donors (Lipinski definition) is 1. The van der Waals surface area contributed by atoms with E-state index in [1.54, 1.807) is 35.6 Å². The molecule has 0 unspecified atom stereocenters. The summed E-state index contributed by atoms with van der Waals surface area (Å²) in [7, 11) is 3.16. The summed E-state index contributed by atoms with van der Waals surface area (Å²) in [6, 6.07) is 11.4. The Morgan fingerprint density at radius 1 is 0.971 bits per heavy atom. The van der Waals surface area contributed by atoms with Gasteiger partial charge in [-0.25, -0.2) is 0 Å². The van der Waals surface area contributed by atoms with Crippen LogP contribution in [-0.4, -0.2) is 39.3 Å². The highest BCUT2D eigenvalue weighted by molar-refractivity contribution is 5.75. The summed E-state index contributed by atoms with van der Waals surface area (Å²) < 4.78 is 13.8. The van der Waals surface area contributed by atoms with Gasteiger partial charge < -0.3 is 14.8 Å². The third-order valence-corrected chi connectivity index (χ3v) is 6.05. The fraction of sp³-hybridized carbons (Fsp3) is 0.308. The average molecular weight is 476 g/mol. The van der Waals surface area contributed by atoms with Crippen molar-refractivity contribution >= 4 is 11.6 Å². The first-order chi connectivity index (χ1) is 16.9. The monoisotopic (exact) mass is 475 g/mol. The Bertz CT molecular complexity index is 1420. The second kappa shape index (κ2) is 10.4. The molecular weight excluding hydrogens is 446 g/mol. The lowest BCUT2D eigenvalue weighted by Gasteiger charge is -2.10. The van der Waals surface area contributed by atoms with Gasteiger partial charge in [0.2, 0.25) is 11.6 Å². The van der Waals surface area contributed by atoms with Crippen molar-refractivity contribution in [2.75, 3.05) is 14.2 Å². The van der Waals surface area contributed by atoms with Gasteiger partial charge in [0.15, 0.2) is 11.5 Å². The second-order valence-electron chi connectivity index (χ2n) is 8.37. The standard InChI is InChI=1S/C26H29N5O4/c1-17-8-10-20(14-18(17)2)30-12-13-31-23(28-29-25(31)26(30)33)6-5-7-24(32)27-16-19-9-11-21(34-3)22(15-19)35-4/h8-15H,5-7,16H2,1-4H3,(H,27,32). The van der Waals surface area contributed by atoms with Crippen LogP contribution in [-0.2, 0) is 17.8 Å². The number of carbonyl (C=O) groups is 1. The number of amides is 1. The second-order valence-corrected chi connectivity index (χ2v) is 8.37. The van der Waals surface area contributed by atoms with E-state index in [0.29, 0.717) is 43.1 Å². The van der Waals surface area contributed by atoms with Gasteiger partial charge in [0.05, 0.1) is 14.2 Å². The van der Waals surface area contributed by atoms with Gasteiger partial charge in [-0.15, -0.1) is 10.2 Å². The topological polar surface area (TPSA) is 99.8 Å². The molecule has 35 heavy (non-hydrogen) atoms. The predicted molar refractivity (Wildman–Crippen MR) is 132 cm³/mol. The zero-order valence-electron chi connectivity index (χ0n) is 20.4. The van der Waals surface area contributed by atoms with Gasteiger partial charge >= 0.3 is 5.56 Å². The number of ether oxygens (including phenoxy) is 2. The molecule has 0 bridgehead atoms. The fourth-order valence-electron chi connectivity index (χ4n) is 3.87. The molecule has 0 aliphatic carbocycles. The van der Waals surface area contributed by atoms with Crippen molar-refractivity contribution in [3.63, 3.8) is 0 Å². The average Bonchev–Trinajstić information content (AvgIpc) is 3.28. The first-order valence-electron chi connectivity index (χ1n) is 11.4. The van der Waals surface area contributed by atoms with Gasteiger partial charge in [0.25, 0.3) is 0 Å². The molecule has 0 spiro atoms. The quantitative estimate of drug-likeness (QED) is 0.399. The summed E-state index contributed by atoms with van der Waals surface area (Å²) in [5.74, 6) is 1.85. The smallest absolute Gasteiger partial charge is 0.300 e. The molecular formula is C26H29N5O4. The number of fused-ring (bicyclic) bond motifs is 1. The minimum Gasteiger partial charge on any atom is -0.493 e. The molecule has 0 saturated carbocycles. The van der Waals surface area contributed by atoms with Gasteiger partial charge in [0.1, 0.15) is 5.82 Å². The number of rotatable bonds is 9. The van der Waals surface area contributed by atoms with E-state index in [4.69, 9.17) is 9.47 Å². The number of methoxy groups -OCH3 is 2. The Labute approximate surface area is 203 Å². The van der Waals surface area contributed by atoms with Gasteiger partial charge in [-0.1, -0.05) is 12.1 Å². The highest BCUT2D eigenvalue weighted by atomic mass is 16.5. The molecule has 0 saturated heterocycles. The van der Waals surface area contributed by atoms with Crippen molar-refractivity contribution < 1.29 is 14.3 Å². The summed E-state index contributed by atoms with van der Waals surface area (Å²) in [6.45, 7) is 4.44. The van der Waals surface area contributed by atoms with Crippen LogP contribution in [0.25, 0.3) is 11.3 Å². The lowest BCUT2D eigenvalue weighted by Crippen LogP contribution is -2.22. The number of benzene rings is 2. The van der Waals surface area contributed by atoms with Crippen molar-refractivity contribution in [3.05, 3.63) is 81.7 Å². The van der Waals surface area contributed by atoms with E-state index < -0.39 is 0 Å². The molecule has 9 heteroatoms. The lowest BCUT2D eigenvalue weighted by molar-refractivity contribution is -0.121. The van der Waals surface area contributed by atoms with Crippen molar-refractivity contribution in [1.29, 1.82) is 0 Å². The van der Waals surface area contributed by atoms with Crippen LogP contribution in [0.4, 0.5) is 0 Å². The number of carbonyl (C=O) groups excluding carboxylic acids is 1. The van der Waals surface area contributed by atoms with Crippen LogP contribution in [0.5, 0.6) is 11.5 Å². The summed E-state index contributed by atoms with van der Waals surface area (Å²) in [6.07, 6.45) is 4.96. The zero-order chi connectivity index (χ0) is 24.9. The Balaban J connectivity index is 1.36. The first kappa shape index (κ1) is 24.0. The molecule has 0 fully saturated rings. The Kier molecular flexibility index (Phi) is 7.14. The number of hydrogen-bond acceptors (Lipinski definition) is 6. The molecule has 9 nitrogen and oxygen atoms in total. The molecule has 2 aromatic heterocycles. The number of nitrogens with one attached hydrogen (secondary N) is 1. The number of aryl methyl sites for hydroxylation is 3. The largest absolute Gasteiger partial charge is 0.493 e. The lowest BCUT2D eigenvalue weighted by atomic mass is 10.1. The van der Waals surface area contributed by atoms with Crippen molar-refractivity contribution in [3.8, 4) is 17.2 Å². The molecule has 182 valence electrons. The van der Waals surface area contributed by atoms with Crippen molar-refractivity contribution in [2.24, 2.45) is 0 Å². The van der Waals surface area contributed by atoms with Crippen LogP contribution >= 0.6 is 0 Å². The van der Waals surface area contributed by atoms with Gasteiger partial charge in [-0.2, -0.15) is 0 Å². The molecule has 0 radical (unpaired) electrons. The van der Waals surface area contributed by atoms with E-state index in [0.717, 1.165) is 16.8 Å². The molecule has 0 aliphatic rings. The molecule has 4 aromatic rings. The van der Waals surface area contributed by atoms with Crippen LogP contribution in [0.2, 0.25) is 0 Å². The third kappa shape index (κ3) is 5.18. The van der Waals surface area contributed by atoms with Gasteiger partial charge in [0, 0.05) is 37.5 Å². The maximum absolute atomic E-state index is 13.0. The molecule has 4 rings (SSSR count). The van der Waals surface area contributed by atoms with Crippen LogP contribution in [0.3, 0.4) is 0 Å². The van der Waals surface area contributed by atoms with E-state index >= 15 is 0 Å². The van der Waals surface area contributed by atoms with Crippen LogP contribution in [0.1, 0.15) is 35.4 Å². The molecule has 1 N–H and O–H groups in total. The SMILES string of the molecule is COc1ccc(CNC(=O)CCCc2nnc3c(=O)n(-c4ccc(C)c(C)c4)ccn23)cc1OC. The number of aromatic nitrogens is 4. The highest BCUT2D eigenvalue weighted by Crippen LogP contribution is 2.27. The summed E-state index contributed by atoms with van der Waals surface area (Å²) in [5, 5.41) is 11.2. The van der Waals surface area contributed by atoms with E-state index in [9.17, 15) is 9.59 Å². The molecule has 2 aromatic carbocycles. The number of nitrogens with zero attached hydrogens (tertiary/aromatic N) is 4. The molecule has 2 heterocycles. The Morgan fingerprint density at radius 3 is 2.51 bits per heavy atom. The highest BCUT2D eigenvalue weighted by Gasteiger charge is 2.13. The van der Waals surface area contributed by atoms with E-state index in [1.807, 2.05) is 50.2 Å². The summed E-state index contributed by atoms with van der Waals surface area (Å²) in [5.41, 5.74) is 4.01.